The first-order chi connectivity index (χ1) is 12.9. The van der Waals surface area contributed by atoms with Crippen LogP contribution in [-0.4, -0.2) is 5.78 Å². The Kier molecular flexibility index (Phi) is 5.97. The van der Waals surface area contributed by atoms with Gasteiger partial charge in [0.25, 0.3) is 0 Å². The lowest BCUT2D eigenvalue weighted by Gasteiger charge is -2.21. The van der Waals surface area contributed by atoms with E-state index in [0.29, 0.717) is 22.7 Å². The molecule has 150 valence electrons. The van der Waals surface area contributed by atoms with E-state index in [0.717, 1.165) is 6.08 Å². The molecule has 0 unspecified atom stereocenters. The number of benzene rings is 1. The van der Waals surface area contributed by atoms with Crippen molar-refractivity contribution in [3.63, 3.8) is 0 Å². The van der Waals surface area contributed by atoms with Crippen LogP contribution < -0.4 is 0 Å². The average Bonchev–Trinajstić information content (AvgIpc) is 2.98. The van der Waals surface area contributed by atoms with Gasteiger partial charge >= 0.3 is 0 Å². The highest BCUT2D eigenvalue weighted by Gasteiger charge is 2.25. The van der Waals surface area contributed by atoms with Crippen molar-refractivity contribution in [2.75, 3.05) is 0 Å². The zero-order valence-electron chi connectivity index (χ0n) is 16.0. The number of hydrogen-bond donors (Lipinski definition) is 0. The lowest BCUT2D eigenvalue weighted by molar-refractivity contribution is 0.101. The van der Waals surface area contributed by atoms with Gasteiger partial charge in [0.2, 0.25) is 5.82 Å². The minimum absolute atomic E-state index is 0.183. The van der Waals surface area contributed by atoms with E-state index in [4.69, 9.17) is 4.42 Å². The van der Waals surface area contributed by atoms with E-state index >= 15 is 0 Å². The highest BCUT2D eigenvalue weighted by Crippen LogP contribution is 2.36. The van der Waals surface area contributed by atoms with Crippen LogP contribution in [0.1, 0.15) is 55.1 Å². The highest BCUT2D eigenvalue weighted by atomic mass is 19.2. The Labute approximate surface area is 159 Å². The van der Waals surface area contributed by atoms with Gasteiger partial charge < -0.3 is 4.42 Å². The summed E-state index contributed by atoms with van der Waals surface area (Å²) in [6.45, 7) is 8.56. The third-order valence-electron chi connectivity index (χ3n) is 4.14. The first kappa shape index (κ1) is 21.6. The summed E-state index contributed by atoms with van der Waals surface area (Å²) in [5.41, 5.74) is -0.572. The van der Waals surface area contributed by atoms with Gasteiger partial charge in [-0.3, -0.25) is 4.79 Å². The van der Waals surface area contributed by atoms with Crippen molar-refractivity contribution in [3.8, 4) is 0 Å². The monoisotopic (exact) mass is 398 g/mol. The van der Waals surface area contributed by atoms with Crippen molar-refractivity contribution in [1.29, 1.82) is 0 Å². The van der Waals surface area contributed by atoms with Crippen LogP contribution in [0.25, 0.3) is 11.6 Å². The fraction of sp³-hybridized carbons (Fsp3) is 0.286. The first-order valence-electron chi connectivity index (χ1n) is 8.38. The molecule has 1 aromatic heterocycles. The molecule has 7 heteroatoms. The Hall–Kier alpha value is -2.70. The SMILES string of the molecule is CC(=O)c1cc(/C(=C\C=C\c2c(F)c(F)c(F)c(F)c2F)C(C)(C)C)oc1C. The van der Waals surface area contributed by atoms with Gasteiger partial charge in [0.1, 0.15) is 11.5 Å². The normalized spacial score (nSPS) is 12.9. The van der Waals surface area contributed by atoms with E-state index in [1.54, 1.807) is 13.0 Å². The Morgan fingerprint density at radius 1 is 0.964 bits per heavy atom. The number of aryl methyl sites for hydroxylation is 1. The van der Waals surface area contributed by atoms with E-state index in [2.05, 4.69) is 0 Å². The van der Waals surface area contributed by atoms with Crippen LogP contribution in [0.3, 0.4) is 0 Å². The molecule has 2 nitrogen and oxygen atoms in total. The molecule has 0 saturated heterocycles. The van der Waals surface area contributed by atoms with Crippen LogP contribution in [0, 0.1) is 41.4 Å². The molecule has 0 aliphatic rings. The molecule has 0 aliphatic carbocycles. The number of furan rings is 1. The van der Waals surface area contributed by atoms with Crippen molar-refractivity contribution in [2.24, 2.45) is 5.41 Å². The van der Waals surface area contributed by atoms with Crippen LogP contribution in [0.15, 0.2) is 22.6 Å². The molecule has 0 aliphatic heterocycles. The topological polar surface area (TPSA) is 30.2 Å². The molecule has 2 aromatic rings. The molecule has 1 aromatic carbocycles. The molecule has 0 spiro atoms. The molecule has 0 N–H and O–H groups in total. The molecular weight excluding hydrogens is 379 g/mol. The van der Waals surface area contributed by atoms with Gasteiger partial charge in [-0.2, -0.15) is 0 Å². The summed E-state index contributed by atoms with van der Waals surface area (Å²) in [6.07, 6.45) is 3.41. The lowest BCUT2D eigenvalue weighted by atomic mass is 9.84. The predicted molar refractivity (Wildman–Crippen MR) is 96.1 cm³/mol. The summed E-state index contributed by atoms with van der Waals surface area (Å²) < 4.78 is 72.9. The summed E-state index contributed by atoms with van der Waals surface area (Å²) in [4.78, 5) is 11.6. The van der Waals surface area contributed by atoms with Crippen LogP contribution in [0.2, 0.25) is 0 Å². The largest absolute Gasteiger partial charge is 0.461 e. The van der Waals surface area contributed by atoms with Crippen molar-refractivity contribution in [1.82, 2.24) is 0 Å². The van der Waals surface area contributed by atoms with E-state index < -0.39 is 40.1 Å². The predicted octanol–water partition coefficient (Wildman–Crippen LogP) is 6.63. The number of halogens is 5. The molecule has 0 bridgehead atoms. The second-order valence-electron chi connectivity index (χ2n) is 7.31. The minimum Gasteiger partial charge on any atom is -0.461 e. The average molecular weight is 398 g/mol. The van der Waals surface area contributed by atoms with Crippen molar-refractivity contribution in [2.45, 2.75) is 34.6 Å². The number of hydrogen-bond acceptors (Lipinski definition) is 2. The Morgan fingerprint density at radius 3 is 1.89 bits per heavy atom. The van der Waals surface area contributed by atoms with Crippen LogP contribution in [0.5, 0.6) is 0 Å². The van der Waals surface area contributed by atoms with Crippen molar-refractivity contribution in [3.05, 3.63) is 70.0 Å². The lowest BCUT2D eigenvalue weighted by Crippen LogP contribution is -2.07. The van der Waals surface area contributed by atoms with Crippen LogP contribution >= 0.6 is 0 Å². The summed E-state index contributed by atoms with van der Waals surface area (Å²) >= 11 is 0. The zero-order chi connectivity index (χ0) is 21.4. The first-order valence-corrected chi connectivity index (χ1v) is 8.38. The third-order valence-corrected chi connectivity index (χ3v) is 4.14. The van der Waals surface area contributed by atoms with E-state index in [1.165, 1.54) is 19.1 Å². The fourth-order valence-electron chi connectivity index (χ4n) is 2.67. The standard InChI is InChI=1S/C21H19F5O2/c1-10(27)13-9-15(28-11(13)2)14(21(3,4)5)8-6-7-12-16(22)18(24)20(26)19(25)17(12)23/h6-9H,1-5H3/b7-6+,14-8+. The van der Waals surface area contributed by atoms with Gasteiger partial charge in [-0.05, 0) is 31.4 Å². The third kappa shape index (κ3) is 4.08. The number of Topliss-reactive ketones (excluding diaryl/α,β-unsaturated/α-hetero) is 1. The second kappa shape index (κ2) is 7.73. The maximum absolute atomic E-state index is 13.8. The molecule has 0 fully saturated rings. The molecule has 2 rings (SSSR count). The zero-order valence-corrected chi connectivity index (χ0v) is 16.0. The van der Waals surface area contributed by atoms with Gasteiger partial charge in [0, 0.05) is 5.57 Å². The van der Waals surface area contributed by atoms with Gasteiger partial charge in [-0.25, -0.2) is 22.0 Å². The second-order valence-corrected chi connectivity index (χ2v) is 7.31. The fourth-order valence-corrected chi connectivity index (χ4v) is 2.67. The Morgan fingerprint density at radius 2 is 1.46 bits per heavy atom. The number of carbonyl (C=O) groups excluding carboxylic acids is 1. The van der Waals surface area contributed by atoms with Gasteiger partial charge in [0.05, 0.1) is 11.1 Å². The molecular formula is C21H19F5O2. The quantitative estimate of drug-likeness (QED) is 0.190. The maximum atomic E-state index is 13.8. The van der Waals surface area contributed by atoms with Crippen molar-refractivity contribution >= 4 is 17.4 Å². The highest BCUT2D eigenvalue weighted by molar-refractivity contribution is 5.96. The molecule has 0 amide bonds. The maximum Gasteiger partial charge on any atom is 0.200 e. The Balaban J connectivity index is 2.54. The van der Waals surface area contributed by atoms with Gasteiger partial charge in [-0.1, -0.05) is 32.9 Å². The molecule has 0 saturated carbocycles. The van der Waals surface area contributed by atoms with Crippen LogP contribution in [0.4, 0.5) is 22.0 Å². The van der Waals surface area contributed by atoms with Gasteiger partial charge in [0.15, 0.2) is 29.1 Å². The summed E-state index contributed by atoms with van der Waals surface area (Å²) in [5.74, 6) is -9.44. The number of allylic oxidation sites excluding steroid dienone is 3. The summed E-state index contributed by atoms with van der Waals surface area (Å²) in [5, 5.41) is 0. The van der Waals surface area contributed by atoms with E-state index in [9.17, 15) is 26.7 Å². The number of ketones is 1. The van der Waals surface area contributed by atoms with E-state index in [-0.39, 0.29) is 5.78 Å². The molecule has 1 heterocycles. The summed E-state index contributed by atoms with van der Waals surface area (Å²) in [6, 6.07) is 1.56. The molecule has 28 heavy (non-hydrogen) atoms. The van der Waals surface area contributed by atoms with Crippen LogP contribution in [-0.2, 0) is 0 Å². The Bertz CT molecular complexity index is 962. The molecule has 0 atom stereocenters. The minimum atomic E-state index is -2.21. The van der Waals surface area contributed by atoms with Gasteiger partial charge in [-0.15, -0.1) is 0 Å². The number of rotatable bonds is 4. The summed E-state index contributed by atoms with van der Waals surface area (Å²) in [7, 11) is 0. The van der Waals surface area contributed by atoms with E-state index in [1.807, 2.05) is 20.8 Å². The van der Waals surface area contributed by atoms with Crippen molar-refractivity contribution < 1.29 is 31.2 Å². The molecule has 0 radical (unpaired) electrons. The smallest absolute Gasteiger partial charge is 0.200 e. The number of carbonyl (C=O) groups is 1.